The molecule has 0 aliphatic rings. The fourth-order valence-corrected chi connectivity index (χ4v) is 4.79. The molecular weight excluding hydrogens is 388 g/mol. The highest BCUT2D eigenvalue weighted by Crippen LogP contribution is 2.29. The van der Waals surface area contributed by atoms with E-state index in [4.69, 9.17) is 9.97 Å². The minimum absolute atomic E-state index is 0.975. The first-order valence-corrected chi connectivity index (χ1v) is 10.8. The summed E-state index contributed by atoms with van der Waals surface area (Å²) in [7, 11) is 0. The Kier molecular flexibility index (Phi) is 3.58. The van der Waals surface area contributed by atoms with E-state index in [1.165, 1.54) is 10.8 Å². The molecule has 2 heteroatoms. The lowest BCUT2D eigenvalue weighted by Crippen LogP contribution is -1.84. The molecule has 8 bridgehead atoms. The Morgan fingerprint density at radius 1 is 0.344 bits per heavy atom. The van der Waals surface area contributed by atoms with E-state index in [0.29, 0.717) is 0 Å². The molecule has 0 saturated heterocycles. The molecule has 0 aliphatic carbocycles. The van der Waals surface area contributed by atoms with Gasteiger partial charge in [-0.05, 0) is 46.5 Å². The quantitative estimate of drug-likeness (QED) is 0.255. The molecule has 0 unspecified atom stereocenters. The molecule has 2 nitrogen and oxygen atoms in total. The Morgan fingerprint density at radius 3 is 1.94 bits per heavy atom. The lowest BCUT2D eigenvalue weighted by molar-refractivity contribution is 1.50. The van der Waals surface area contributed by atoms with Crippen molar-refractivity contribution in [2.24, 2.45) is 0 Å². The lowest BCUT2D eigenvalue weighted by atomic mass is 10.0. The van der Waals surface area contributed by atoms with Crippen LogP contribution in [0.4, 0.5) is 0 Å². The zero-order chi connectivity index (χ0) is 21.1. The van der Waals surface area contributed by atoms with E-state index in [9.17, 15) is 0 Å². The number of fused-ring (bicyclic) bond motifs is 10. The van der Waals surface area contributed by atoms with Crippen LogP contribution >= 0.6 is 0 Å². The first-order valence-electron chi connectivity index (χ1n) is 10.8. The van der Waals surface area contributed by atoms with Gasteiger partial charge in [-0.1, -0.05) is 78.9 Å². The zero-order valence-electron chi connectivity index (χ0n) is 17.3. The van der Waals surface area contributed by atoms with Crippen LogP contribution in [0.15, 0.2) is 109 Å². The van der Waals surface area contributed by atoms with Gasteiger partial charge in [-0.15, -0.1) is 0 Å². The number of aromatic nitrogens is 2. The van der Waals surface area contributed by atoms with Crippen molar-refractivity contribution < 1.29 is 0 Å². The first kappa shape index (κ1) is 17.4. The maximum atomic E-state index is 5.15. The van der Waals surface area contributed by atoms with Gasteiger partial charge in [0.15, 0.2) is 0 Å². The summed E-state index contributed by atoms with van der Waals surface area (Å²) in [5.74, 6) is 0. The van der Waals surface area contributed by atoms with Gasteiger partial charge >= 0.3 is 0 Å². The SMILES string of the molecule is c1cc2cc(c1)c1cccc3ccc(nc31)c1ccc3cccc(c4cccc2n4)c3c1. The van der Waals surface area contributed by atoms with E-state index in [0.717, 1.165) is 54.4 Å². The number of rotatable bonds is 0. The second-order valence-electron chi connectivity index (χ2n) is 8.30. The summed E-state index contributed by atoms with van der Waals surface area (Å²) in [6.07, 6.45) is 0. The molecule has 148 valence electrons. The van der Waals surface area contributed by atoms with E-state index in [1.807, 2.05) is 0 Å². The fourth-order valence-electron chi connectivity index (χ4n) is 4.79. The summed E-state index contributed by atoms with van der Waals surface area (Å²) >= 11 is 0. The molecule has 0 N–H and O–H groups in total. The Morgan fingerprint density at radius 2 is 0.969 bits per heavy atom. The van der Waals surface area contributed by atoms with Gasteiger partial charge in [0.1, 0.15) is 0 Å². The molecule has 0 radical (unpaired) electrons. The van der Waals surface area contributed by atoms with Gasteiger partial charge < -0.3 is 0 Å². The molecule has 7 aromatic rings. The summed E-state index contributed by atoms with van der Waals surface area (Å²) in [5.41, 5.74) is 3.96. The van der Waals surface area contributed by atoms with E-state index >= 15 is 0 Å². The van der Waals surface area contributed by atoms with Crippen molar-refractivity contribution in [3.63, 3.8) is 0 Å². The summed E-state index contributed by atoms with van der Waals surface area (Å²) in [6.45, 7) is 0. The maximum Gasteiger partial charge on any atom is 0.0787 e. The standard InChI is InChI=1S/C30H18N2/c1-7-21-17-22(8-1)27-11-4-12-29(31-27)25-10-2-5-19-13-14-23(18-26(19)25)28-16-15-20-6-3-9-24(21)30(20)32-28/h1-18H. The Balaban J connectivity index is 1.84. The zero-order valence-corrected chi connectivity index (χ0v) is 17.3. The second kappa shape index (κ2) is 6.60. The Hall–Kier alpha value is -4.30. The van der Waals surface area contributed by atoms with Crippen LogP contribution in [0, 0.1) is 0 Å². The lowest BCUT2D eigenvalue weighted by Gasteiger charge is -2.06. The van der Waals surface area contributed by atoms with Crippen LogP contribution in [0.2, 0.25) is 0 Å². The van der Waals surface area contributed by atoms with Gasteiger partial charge in [0.25, 0.3) is 0 Å². The molecular formula is C30H18N2. The van der Waals surface area contributed by atoms with Gasteiger partial charge in [-0.2, -0.15) is 0 Å². The molecule has 0 aliphatic heterocycles. The number of hydrogen-bond acceptors (Lipinski definition) is 2. The topological polar surface area (TPSA) is 25.8 Å². The van der Waals surface area contributed by atoms with Crippen molar-refractivity contribution in [2.75, 3.05) is 0 Å². The minimum atomic E-state index is 0.975. The predicted molar refractivity (Wildman–Crippen MR) is 136 cm³/mol. The van der Waals surface area contributed by atoms with E-state index in [-0.39, 0.29) is 0 Å². The number of hydrogen-bond donors (Lipinski definition) is 0. The molecule has 3 aromatic heterocycles. The van der Waals surface area contributed by atoms with Crippen LogP contribution in [-0.2, 0) is 0 Å². The third kappa shape index (κ3) is 2.60. The average molecular weight is 406 g/mol. The summed E-state index contributed by atoms with van der Waals surface area (Å²) in [4.78, 5) is 10.2. The maximum absolute atomic E-state index is 5.15. The molecule has 4 aromatic carbocycles. The Bertz CT molecular complexity index is 1740. The number of pyridine rings is 2. The smallest absolute Gasteiger partial charge is 0.0787 e. The summed E-state index contributed by atoms with van der Waals surface area (Å²) < 4.78 is 0. The van der Waals surface area contributed by atoms with Gasteiger partial charge in [-0.25, -0.2) is 9.97 Å². The molecule has 0 fully saturated rings. The van der Waals surface area contributed by atoms with E-state index < -0.39 is 0 Å². The highest BCUT2D eigenvalue weighted by Gasteiger charge is 2.05. The molecule has 0 amide bonds. The fraction of sp³-hybridized carbons (Fsp3) is 0. The minimum Gasteiger partial charge on any atom is -0.248 e. The van der Waals surface area contributed by atoms with Gasteiger partial charge in [0, 0.05) is 26.9 Å². The molecule has 3 heterocycles. The van der Waals surface area contributed by atoms with E-state index in [2.05, 4.69) is 109 Å². The number of benzene rings is 4. The van der Waals surface area contributed by atoms with Gasteiger partial charge in [0.2, 0.25) is 0 Å². The molecule has 0 saturated carbocycles. The largest absolute Gasteiger partial charge is 0.248 e. The highest BCUT2D eigenvalue weighted by molar-refractivity contribution is 6.10. The molecule has 0 atom stereocenters. The van der Waals surface area contributed by atoms with Crippen LogP contribution in [0.25, 0.3) is 65.2 Å². The molecule has 7 rings (SSSR count). The second-order valence-corrected chi connectivity index (χ2v) is 8.30. The average Bonchev–Trinajstić information content (AvgIpc) is 2.87. The van der Waals surface area contributed by atoms with Crippen molar-refractivity contribution in [3.8, 4) is 0 Å². The van der Waals surface area contributed by atoms with Crippen LogP contribution in [-0.4, -0.2) is 9.97 Å². The van der Waals surface area contributed by atoms with Crippen molar-refractivity contribution >= 4 is 65.2 Å². The van der Waals surface area contributed by atoms with Crippen LogP contribution in [0.1, 0.15) is 0 Å². The Labute approximate surface area is 184 Å². The van der Waals surface area contributed by atoms with E-state index in [1.54, 1.807) is 0 Å². The summed E-state index contributed by atoms with van der Waals surface area (Å²) in [5, 5.41) is 9.19. The van der Waals surface area contributed by atoms with Crippen LogP contribution in [0.5, 0.6) is 0 Å². The number of para-hydroxylation sites is 1. The van der Waals surface area contributed by atoms with Crippen molar-refractivity contribution in [3.05, 3.63) is 109 Å². The highest BCUT2D eigenvalue weighted by atomic mass is 14.7. The molecule has 32 heavy (non-hydrogen) atoms. The van der Waals surface area contributed by atoms with Gasteiger partial charge in [0.05, 0.1) is 22.1 Å². The number of nitrogens with zero attached hydrogens (tertiary/aromatic N) is 2. The van der Waals surface area contributed by atoms with Crippen LogP contribution in [0.3, 0.4) is 0 Å². The van der Waals surface area contributed by atoms with Crippen LogP contribution < -0.4 is 0 Å². The van der Waals surface area contributed by atoms with Crippen molar-refractivity contribution in [1.29, 1.82) is 0 Å². The predicted octanol–water partition coefficient (Wildman–Crippen LogP) is 7.96. The third-order valence-electron chi connectivity index (χ3n) is 6.39. The first-order chi connectivity index (χ1) is 15.8. The van der Waals surface area contributed by atoms with Gasteiger partial charge in [-0.3, -0.25) is 0 Å². The molecule has 0 spiro atoms. The summed E-state index contributed by atoms with van der Waals surface area (Å²) in [6, 6.07) is 38.6. The third-order valence-corrected chi connectivity index (χ3v) is 6.39. The van der Waals surface area contributed by atoms with Crippen molar-refractivity contribution in [1.82, 2.24) is 9.97 Å². The monoisotopic (exact) mass is 406 g/mol. The normalized spacial score (nSPS) is 11.8. The van der Waals surface area contributed by atoms with Crippen molar-refractivity contribution in [2.45, 2.75) is 0 Å².